The molecule has 5 nitrogen and oxygen atoms in total. The average molecular weight is 191 g/mol. The summed E-state index contributed by atoms with van der Waals surface area (Å²) >= 11 is 0. The number of nitrogens with two attached hydrogens (primary N) is 1. The van der Waals surface area contributed by atoms with E-state index in [1.807, 2.05) is 19.9 Å². The van der Waals surface area contributed by atoms with Gasteiger partial charge in [0.1, 0.15) is 6.33 Å². The first-order valence-corrected chi connectivity index (χ1v) is 4.58. The van der Waals surface area contributed by atoms with E-state index in [1.54, 1.807) is 4.52 Å². The van der Waals surface area contributed by atoms with Gasteiger partial charge in [0, 0.05) is 23.9 Å². The highest BCUT2D eigenvalue weighted by Gasteiger charge is 2.06. The summed E-state index contributed by atoms with van der Waals surface area (Å²) in [7, 11) is 0. The van der Waals surface area contributed by atoms with Gasteiger partial charge < -0.3 is 5.73 Å². The first kappa shape index (κ1) is 9.08. The van der Waals surface area contributed by atoms with Crippen LogP contribution in [0, 0.1) is 6.92 Å². The largest absolute Gasteiger partial charge is 0.328 e. The van der Waals surface area contributed by atoms with Crippen LogP contribution in [0.25, 0.3) is 5.78 Å². The van der Waals surface area contributed by atoms with Crippen molar-refractivity contribution in [1.29, 1.82) is 0 Å². The lowest BCUT2D eigenvalue weighted by molar-refractivity contribution is 0.693. The maximum Gasteiger partial charge on any atom is 0.252 e. The highest BCUT2D eigenvalue weighted by atomic mass is 15.3. The topological polar surface area (TPSA) is 69.1 Å². The second-order valence-electron chi connectivity index (χ2n) is 3.54. The van der Waals surface area contributed by atoms with Crippen molar-refractivity contribution in [1.82, 2.24) is 19.6 Å². The molecule has 0 fully saturated rings. The van der Waals surface area contributed by atoms with Gasteiger partial charge in [-0.2, -0.15) is 10.1 Å². The Morgan fingerprint density at radius 2 is 2.36 bits per heavy atom. The van der Waals surface area contributed by atoms with Gasteiger partial charge in [0.25, 0.3) is 5.78 Å². The van der Waals surface area contributed by atoms with Crippen LogP contribution in [0.3, 0.4) is 0 Å². The lowest BCUT2D eigenvalue weighted by atomic mass is 10.2. The lowest BCUT2D eigenvalue weighted by Crippen LogP contribution is -2.20. The van der Waals surface area contributed by atoms with Crippen molar-refractivity contribution >= 4 is 5.78 Å². The van der Waals surface area contributed by atoms with Crippen molar-refractivity contribution < 1.29 is 0 Å². The zero-order valence-electron chi connectivity index (χ0n) is 8.31. The number of fused-ring (bicyclic) bond motifs is 1. The highest BCUT2D eigenvalue weighted by Crippen LogP contribution is 2.06. The van der Waals surface area contributed by atoms with Crippen molar-refractivity contribution in [3.8, 4) is 0 Å². The number of hydrogen-bond acceptors (Lipinski definition) is 4. The Kier molecular flexibility index (Phi) is 2.17. The third-order valence-corrected chi connectivity index (χ3v) is 1.98. The van der Waals surface area contributed by atoms with Gasteiger partial charge in [0.2, 0.25) is 0 Å². The number of rotatable bonds is 2. The van der Waals surface area contributed by atoms with Crippen molar-refractivity contribution in [2.45, 2.75) is 26.3 Å². The van der Waals surface area contributed by atoms with Gasteiger partial charge in [-0.15, -0.1) is 0 Å². The summed E-state index contributed by atoms with van der Waals surface area (Å²) in [6.45, 7) is 3.91. The zero-order chi connectivity index (χ0) is 10.1. The third kappa shape index (κ3) is 1.58. The lowest BCUT2D eigenvalue weighted by Gasteiger charge is -2.07. The minimum absolute atomic E-state index is 0.115. The van der Waals surface area contributed by atoms with E-state index in [9.17, 15) is 0 Å². The zero-order valence-corrected chi connectivity index (χ0v) is 8.31. The van der Waals surface area contributed by atoms with Gasteiger partial charge in [-0.05, 0) is 19.9 Å². The molecule has 0 spiro atoms. The van der Waals surface area contributed by atoms with Crippen LogP contribution < -0.4 is 5.73 Å². The Labute approximate surface area is 82.0 Å². The molecule has 74 valence electrons. The molecule has 0 aliphatic rings. The highest BCUT2D eigenvalue weighted by molar-refractivity contribution is 5.30. The molecule has 0 aliphatic heterocycles. The van der Waals surface area contributed by atoms with E-state index in [0.717, 1.165) is 17.8 Å². The Balaban J connectivity index is 2.55. The molecule has 1 unspecified atom stereocenters. The summed E-state index contributed by atoms with van der Waals surface area (Å²) in [5.41, 5.74) is 7.75. The third-order valence-electron chi connectivity index (χ3n) is 1.98. The Bertz CT molecular complexity index is 445. The van der Waals surface area contributed by atoms with Gasteiger partial charge in [-0.1, -0.05) is 0 Å². The molecule has 2 rings (SSSR count). The molecule has 14 heavy (non-hydrogen) atoms. The molecule has 0 bridgehead atoms. The summed E-state index contributed by atoms with van der Waals surface area (Å²) in [6, 6.07) is 2.11. The van der Waals surface area contributed by atoms with E-state index in [1.165, 1.54) is 6.33 Å². The Morgan fingerprint density at radius 1 is 1.57 bits per heavy atom. The van der Waals surface area contributed by atoms with E-state index >= 15 is 0 Å². The van der Waals surface area contributed by atoms with Crippen molar-refractivity contribution in [3.63, 3.8) is 0 Å². The normalized spacial score (nSPS) is 13.4. The predicted octanol–water partition coefficient (Wildman–Crippen LogP) is 0.322. The monoisotopic (exact) mass is 191 g/mol. The Hall–Kier alpha value is -1.49. The molecule has 0 aromatic carbocycles. The van der Waals surface area contributed by atoms with Crippen LogP contribution in [0.1, 0.15) is 18.3 Å². The SMILES string of the molecule is Cc1cc(CC(C)N)n2ncnc2n1. The van der Waals surface area contributed by atoms with Crippen LogP contribution in [0.5, 0.6) is 0 Å². The number of aromatic nitrogens is 4. The summed E-state index contributed by atoms with van der Waals surface area (Å²) in [4.78, 5) is 8.30. The van der Waals surface area contributed by atoms with Crippen LogP contribution in [-0.2, 0) is 6.42 Å². The molecular formula is C9H13N5. The number of hydrogen-bond donors (Lipinski definition) is 1. The molecule has 5 heteroatoms. The molecule has 0 radical (unpaired) electrons. The van der Waals surface area contributed by atoms with Crippen LogP contribution >= 0.6 is 0 Å². The average Bonchev–Trinajstić information content (AvgIpc) is 2.50. The summed E-state index contributed by atoms with van der Waals surface area (Å²) < 4.78 is 1.73. The fourth-order valence-electron chi connectivity index (χ4n) is 1.48. The van der Waals surface area contributed by atoms with E-state index < -0.39 is 0 Å². The maximum absolute atomic E-state index is 5.75. The summed E-state index contributed by atoms with van der Waals surface area (Å²) in [5.74, 6) is 0.639. The van der Waals surface area contributed by atoms with Crippen LogP contribution in [0.2, 0.25) is 0 Å². The fourth-order valence-corrected chi connectivity index (χ4v) is 1.48. The minimum atomic E-state index is 0.115. The molecule has 0 saturated heterocycles. The number of nitrogens with zero attached hydrogens (tertiary/aromatic N) is 4. The molecule has 0 aliphatic carbocycles. The van der Waals surface area contributed by atoms with Gasteiger partial charge in [-0.25, -0.2) is 9.50 Å². The molecule has 0 amide bonds. The molecule has 2 N–H and O–H groups in total. The van der Waals surface area contributed by atoms with Crippen LogP contribution in [0.15, 0.2) is 12.4 Å². The van der Waals surface area contributed by atoms with Gasteiger partial charge in [0.15, 0.2) is 0 Å². The molecule has 0 saturated carbocycles. The minimum Gasteiger partial charge on any atom is -0.328 e. The first-order valence-electron chi connectivity index (χ1n) is 4.58. The molecule has 2 heterocycles. The predicted molar refractivity (Wildman–Crippen MR) is 52.9 cm³/mol. The van der Waals surface area contributed by atoms with Crippen molar-refractivity contribution in [3.05, 3.63) is 23.8 Å². The fraction of sp³-hybridized carbons (Fsp3) is 0.444. The quantitative estimate of drug-likeness (QED) is 0.742. The van der Waals surface area contributed by atoms with Gasteiger partial charge in [-0.3, -0.25) is 0 Å². The second-order valence-corrected chi connectivity index (χ2v) is 3.54. The molecule has 2 aromatic heterocycles. The van der Waals surface area contributed by atoms with Crippen LogP contribution in [0.4, 0.5) is 0 Å². The molecule has 1 atom stereocenters. The Morgan fingerprint density at radius 3 is 3.07 bits per heavy atom. The first-order chi connectivity index (χ1) is 6.66. The maximum atomic E-state index is 5.75. The second kappa shape index (κ2) is 3.34. The van der Waals surface area contributed by atoms with E-state index in [2.05, 4.69) is 15.1 Å². The van der Waals surface area contributed by atoms with E-state index in [-0.39, 0.29) is 6.04 Å². The van der Waals surface area contributed by atoms with E-state index in [0.29, 0.717) is 5.78 Å². The number of aryl methyl sites for hydroxylation is 1. The van der Waals surface area contributed by atoms with Gasteiger partial charge >= 0.3 is 0 Å². The summed E-state index contributed by atoms with van der Waals surface area (Å²) in [5, 5.41) is 4.10. The smallest absolute Gasteiger partial charge is 0.252 e. The van der Waals surface area contributed by atoms with E-state index in [4.69, 9.17) is 5.73 Å². The molecular weight excluding hydrogens is 178 g/mol. The van der Waals surface area contributed by atoms with Gasteiger partial charge in [0.05, 0.1) is 0 Å². The van der Waals surface area contributed by atoms with Crippen LogP contribution in [-0.4, -0.2) is 25.6 Å². The van der Waals surface area contributed by atoms with Crippen molar-refractivity contribution in [2.24, 2.45) is 5.73 Å². The standard InChI is InChI=1S/C9H13N5/c1-6(10)3-8-4-7(2)13-9-11-5-12-14(8)9/h4-6H,3,10H2,1-2H3. The molecule has 2 aromatic rings. The summed E-state index contributed by atoms with van der Waals surface area (Å²) in [6.07, 6.45) is 2.29. The van der Waals surface area contributed by atoms with Crippen molar-refractivity contribution in [2.75, 3.05) is 0 Å².